The van der Waals surface area contributed by atoms with Gasteiger partial charge < -0.3 is 14.8 Å². The zero-order chi connectivity index (χ0) is 21.4. The molecule has 2 aromatic rings. The Morgan fingerprint density at radius 2 is 1.97 bits per heavy atom. The fourth-order valence-electron chi connectivity index (χ4n) is 2.32. The molecule has 0 aliphatic carbocycles. The molecule has 0 aromatic heterocycles. The fourth-order valence-corrected chi connectivity index (χ4v) is 3.02. The molecule has 1 amide bonds. The van der Waals surface area contributed by atoms with Crippen molar-refractivity contribution in [3.63, 3.8) is 0 Å². The number of nitro benzene ring substituents is 1. The number of carbonyl (C=O) groups is 1. The smallest absolute Gasteiger partial charge is 0.271 e. The maximum Gasteiger partial charge on any atom is 0.271 e. The van der Waals surface area contributed by atoms with Crippen molar-refractivity contribution in [1.82, 2.24) is 5.32 Å². The maximum atomic E-state index is 12.5. The van der Waals surface area contributed by atoms with Crippen molar-refractivity contribution in [3.8, 4) is 11.5 Å². The third-order valence-electron chi connectivity index (χ3n) is 3.82. The van der Waals surface area contributed by atoms with Gasteiger partial charge in [0.2, 0.25) is 0 Å². The molecule has 0 spiro atoms. The molecule has 0 saturated heterocycles. The molecule has 0 unspecified atom stereocenters. The predicted octanol–water partition coefficient (Wildman–Crippen LogP) is 4.67. The summed E-state index contributed by atoms with van der Waals surface area (Å²) in [4.78, 5) is 22.9. The van der Waals surface area contributed by atoms with Crippen LogP contribution in [0.3, 0.4) is 0 Å². The molecule has 0 saturated carbocycles. The van der Waals surface area contributed by atoms with Crippen molar-refractivity contribution in [2.75, 3.05) is 19.0 Å². The van der Waals surface area contributed by atoms with Gasteiger partial charge in [0.15, 0.2) is 5.11 Å². The van der Waals surface area contributed by atoms with Crippen LogP contribution in [0.4, 0.5) is 11.4 Å². The van der Waals surface area contributed by atoms with Crippen LogP contribution in [0.2, 0.25) is 0 Å². The standard InChI is InChI=1S/C19H20BrN3O5S/c1-3-4-9-28-16-7-5-12(10-14(16)20)18(24)22-19(29)21-15-11-13(23(25)26)6-8-17(15)27-2/h5-8,10-11H,3-4,9H2,1-2H3,(H2,21,22,24,29). The number of unbranched alkanes of at least 4 members (excludes halogenated alkanes) is 1. The summed E-state index contributed by atoms with van der Waals surface area (Å²) in [5.41, 5.74) is 0.507. The average molecular weight is 482 g/mol. The highest BCUT2D eigenvalue weighted by molar-refractivity contribution is 9.10. The van der Waals surface area contributed by atoms with E-state index in [2.05, 4.69) is 33.5 Å². The lowest BCUT2D eigenvalue weighted by molar-refractivity contribution is -0.384. The molecule has 29 heavy (non-hydrogen) atoms. The van der Waals surface area contributed by atoms with Gasteiger partial charge in [0.1, 0.15) is 11.5 Å². The predicted molar refractivity (Wildman–Crippen MR) is 118 cm³/mol. The summed E-state index contributed by atoms with van der Waals surface area (Å²) in [7, 11) is 1.43. The first-order valence-electron chi connectivity index (χ1n) is 8.72. The molecule has 0 heterocycles. The first kappa shape index (κ1) is 22.6. The molecule has 10 heteroatoms. The number of hydrogen-bond donors (Lipinski definition) is 2. The van der Waals surface area contributed by atoms with Gasteiger partial charge in [0.25, 0.3) is 11.6 Å². The zero-order valence-corrected chi connectivity index (χ0v) is 18.3. The lowest BCUT2D eigenvalue weighted by atomic mass is 10.2. The molecule has 8 nitrogen and oxygen atoms in total. The monoisotopic (exact) mass is 481 g/mol. The number of methoxy groups -OCH3 is 1. The normalized spacial score (nSPS) is 10.2. The number of benzene rings is 2. The second kappa shape index (κ2) is 10.7. The van der Waals surface area contributed by atoms with Crippen molar-refractivity contribution < 1.29 is 19.2 Å². The Labute approximate surface area is 181 Å². The van der Waals surface area contributed by atoms with E-state index in [0.29, 0.717) is 28.1 Å². The molecule has 0 atom stereocenters. The lowest BCUT2D eigenvalue weighted by Gasteiger charge is -2.13. The van der Waals surface area contributed by atoms with E-state index in [-0.39, 0.29) is 16.5 Å². The largest absolute Gasteiger partial charge is 0.495 e. The van der Waals surface area contributed by atoms with Crippen molar-refractivity contribution in [1.29, 1.82) is 0 Å². The van der Waals surface area contributed by atoms with E-state index in [1.54, 1.807) is 18.2 Å². The van der Waals surface area contributed by atoms with Crippen LogP contribution in [0.15, 0.2) is 40.9 Å². The number of nitro groups is 1. The van der Waals surface area contributed by atoms with E-state index in [4.69, 9.17) is 21.7 Å². The minimum absolute atomic E-state index is 0.0202. The van der Waals surface area contributed by atoms with Gasteiger partial charge in [-0.1, -0.05) is 13.3 Å². The number of anilines is 1. The number of nitrogens with zero attached hydrogens (tertiary/aromatic N) is 1. The van der Waals surface area contributed by atoms with Crippen LogP contribution in [0.1, 0.15) is 30.1 Å². The van der Waals surface area contributed by atoms with Crippen LogP contribution < -0.4 is 20.1 Å². The Hall–Kier alpha value is -2.72. The molecule has 2 rings (SSSR count). The SMILES string of the molecule is CCCCOc1ccc(C(=O)NC(=S)Nc2cc([N+](=O)[O-])ccc2OC)cc1Br. The molecule has 0 bridgehead atoms. The van der Waals surface area contributed by atoms with Gasteiger partial charge in [-0.2, -0.15) is 0 Å². The van der Waals surface area contributed by atoms with Gasteiger partial charge in [-0.05, 0) is 58.8 Å². The molecule has 0 radical (unpaired) electrons. The Morgan fingerprint density at radius 1 is 1.24 bits per heavy atom. The van der Waals surface area contributed by atoms with Crippen LogP contribution in [0, 0.1) is 10.1 Å². The van der Waals surface area contributed by atoms with Gasteiger partial charge in [0, 0.05) is 17.7 Å². The third-order valence-corrected chi connectivity index (χ3v) is 4.64. The number of halogens is 1. The van der Waals surface area contributed by atoms with Gasteiger partial charge >= 0.3 is 0 Å². The molecule has 0 aliphatic heterocycles. The summed E-state index contributed by atoms with van der Waals surface area (Å²) < 4.78 is 11.5. The number of non-ortho nitro benzene ring substituents is 1. The summed E-state index contributed by atoms with van der Waals surface area (Å²) in [5.74, 6) is 0.563. The zero-order valence-electron chi connectivity index (χ0n) is 15.9. The number of thiocarbonyl (C=S) groups is 1. The number of nitrogens with one attached hydrogen (secondary N) is 2. The Balaban J connectivity index is 2.06. The van der Waals surface area contributed by atoms with E-state index in [0.717, 1.165) is 12.8 Å². The topological polar surface area (TPSA) is 103 Å². The van der Waals surface area contributed by atoms with Crippen LogP contribution in [0.5, 0.6) is 11.5 Å². The van der Waals surface area contributed by atoms with Crippen molar-refractivity contribution >= 4 is 50.5 Å². The van der Waals surface area contributed by atoms with E-state index >= 15 is 0 Å². The average Bonchev–Trinajstić information content (AvgIpc) is 2.69. The number of carbonyl (C=O) groups excluding carboxylic acids is 1. The van der Waals surface area contributed by atoms with E-state index in [1.165, 1.54) is 25.3 Å². The summed E-state index contributed by atoms with van der Waals surface area (Å²) in [6.45, 7) is 2.67. The van der Waals surface area contributed by atoms with E-state index in [1.807, 2.05) is 0 Å². The Kier molecular flexibility index (Phi) is 8.34. The summed E-state index contributed by atoms with van der Waals surface area (Å²) in [6.07, 6.45) is 1.97. The van der Waals surface area contributed by atoms with Crippen LogP contribution in [-0.4, -0.2) is 29.7 Å². The second-order valence-electron chi connectivity index (χ2n) is 5.90. The maximum absolute atomic E-state index is 12.5. The van der Waals surface area contributed by atoms with Crippen LogP contribution in [-0.2, 0) is 0 Å². The van der Waals surface area contributed by atoms with Gasteiger partial charge in [0.05, 0.1) is 28.8 Å². The summed E-state index contributed by atoms with van der Waals surface area (Å²) in [6, 6.07) is 8.99. The van der Waals surface area contributed by atoms with Gasteiger partial charge in [-0.25, -0.2) is 0 Å². The van der Waals surface area contributed by atoms with Crippen molar-refractivity contribution in [3.05, 3.63) is 56.5 Å². The van der Waals surface area contributed by atoms with Gasteiger partial charge in [-0.15, -0.1) is 0 Å². The fraction of sp³-hybridized carbons (Fsp3) is 0.263. The quantitative estimate of drug-likeness (QED) is 0.244. The van der Waals surface area contributed by atoms with Crippen molar-refractivity contribution in [2.45, 2.75) is 19.8 Å². The molecule has 0 fully saturated rings. The lowest BCUT2D eigenvalue weighted by Crippen LogP contribution is -2.34. The Bertz CT molecular complexity index is 923. The first-order chi connectivity index (χ1) is 13.8. The molecule has 2 N–H and O–H groups in total. The van der Waals surface area contributed by atoms with E-state index < -0.39 is 10.8 Å². The minimum Gasteiger partial charge on any atom is -0.495 e. The summed E-state index contributed by atoms with van der Waals surface area (Å²) in [5, 5.41) is 16.2. The Morgan fingerprint density at radius 3 is 2.59 bits per heavy atom. The molecular formula is C19H20BrN3O5S. The third kappa shape index (κ3) is 6.40. The number of amides is 1. The molecule has 2 aromatic carbocycles. The van der Waals surface area contributed by atoms with E-state index in [9.17, 15) is 14.9 Å². The first-order valence-corrected chi connectivity index (χ1v) is 9.93. The molecular weight excluding hydrogens is 462 g/mol. The summed E-state index contributed by atoms with van der Waals surface area (Å²) >= 11 is 8.55. The molecule has 0 aliphatic rings. The number of ether oxygens (including phenoxy) is 2. The molecule has 154 valence electrons. The highest BCUT2D eigenvalue weighted by atomic mass is 79.9. The number of hydrogen-bond acceptors (Lipinski definition) is 6. The minimum atomic E-state index is -0.534. The van der Waals surface area contributed by atoms with Crippen LogP contribution in [0.25, 0.3) is 0 Å². The second-order valence-corrected chi connectivity index (χ2v) is 7.16. The highest BCUT2D eigenvalue weighted by Gasteiger charge is 2.15. The van der Waals surface area contributed by atoms with Gasteiger partial charge in [-0.3, -0.25) is 20.2 Å². The highest BCUT2D eigenvalue weighted by Crippen LogP contribution is 2.29. The number of rotatable bonds is 8. The van der Waals surface area contributed by atoms with Crippen LogP contribution >= 0.6 is 28.1 Å². The van der Waals surface area contributed by atoms with Crippen molar-refractivity contribution in [2.24, 2.45) is 0 Å².